The summed E-state index contributed by atoms with van der Waals surface area (Å²) >= 11 is 7.14. The zero-order valence-electron chi connectivity index (χ0n) is 14.9. The van der Waals surface area contributed by atoms with Gasteiger partial charge in [-0.05, 0) is 42.0 Å². The second-order valence-corrected chi connectivity index (χ2v) is 7.28. The van der Waals surface area contributed by atoms with Crippen LogP contribution in [0, 0.1) is 5.82 Å². The summed E-state index contributed by atoms with van der Waals surface area (Å²) in [6.07, 6.45) is 1.72. The molecule has 28 heavy (non-hydrogen) atoms. The quantitative estimate of drug-likeness (QED) is 0.438. The third-order valence-electron chi connectivity index (χ3n) is 3.87. The number of allylic oxidation sites excluding steroid dienone is 1. The molecule has 5 nitrogen and oxygen atoms in total. The molecule has 1 amide bonds. The van der Waals surface area contributed by atoms with Crippen molar-refractivity contribution in [2.24, 2.45) is 0 Å². The first-order chi connectivity index (χ1) is 13.6. The predicted octanol–water partition coefficient (Wildman–Crippen LogP) is 4.33. The van der Waals surface area contributed by atoms with Crippen molar-refractivity contribution in [1.82, 2.24) is 20.1 Å². The van der Waals surface area contributed by atoms with Crippen molar-refractivity contribution in [3.05, 3.63) is 77.6 Å². The van der Waals surface area contributed by atoms with Crippen LogP contribution in [0.2, 0.25) is 5.02 Å². The van der Waals surface area contributed by atoms with Gasteiger partial charge in [-0.1, -0.05) is 41.6 Å². The molecule has 0 spiro atoms. The van der Waals surface area contributed by atoms with Crippen molar-refractivity contribution >= 4 is 29.3 Å². The summed E-state index contributed by atoms with van der Waals surface area (Å²) in [5.41, 5.74) is 1.71. The Morgan fingerprint density at radius 3 is 2.57 bits per heavy atom. The first-order valence-electron chi connectivity index (χ1n) is 8.51. The van der Waals surface area contributed by atoms with Crippen molar-refractivity contribution in [1.29, 1.82) is 0 Å². The van der Waals surface area contributed by atoms with Gasteiger partial charge in [0.15, 0.2) is 11.0 Å². The van der Waals surface area contributed by atoms with Gasteiger partial charge in [0.05, 0.1) is 5.75 Å². The minimum absolute atomic E-state index is 0.114. The van der Waals surface area contributed by atoms with Crippen molar-refractivity contribution in [2.45, 2.75) is 18.2 Å². The summed E-state index contributed by atoms with van der Waals surface area (Å²) in [5.74, 6) is 0.373. The van der Waals surface area contributed by atoms with Crippen LogP contribution in [0.4, 0.5) is 4.39 Å². The van der Waals surface area contributed by atoms with Gasteiger partial charge in [0.2, 0.25) is 5.91 Å². The highest BCUT2D eigenvalue weighted by molar-refractivity contribution is 7.99. The van der Waals surface area contributed by atoms with E-state index in [0.29, 0.717) is 29.1 Å². The zero-order chi connectivity index (χ0) is 19.9. The number of carbonyl (C=O) groups is 1. The number of aromatic nitrogens is 3. The molecule has 0 aliphatic rings. The van der Waals surface area contributed by atoms with Crippen molar-refractivity contribution in [3.63, 3.8) is 0 Å². The van der Waals surface area contributed by atoms with Gasteiger partial charge in [0.1, 0.15) is 5.82 Å². The Morgan fingerprint density at radius 1 is 1.18 bits per heavy atom. The number of hydrogen-bond donors (Lipinski definition) is 1. The van der Waals surface area contributed by atoms with Crippen LogP contribution in [0.25, 0.3) is 11.4 Å². The Labute approximate surface area is 171 Å². The molecule has 0 atom stereocenters. The number of rotatable bonds is 8. The number of thioether (sulfide) groups is 1. The first-order valence-corrected chi connectivity index (χ1v) is 9.87. The molecule has 0 fully saturated rings. The van der Waals surface area contributed by atoms with E-state index in [9.17, 15) is 9.18 Å². The number of benzene rings is 2. The van der Waals surface area contributed by atoms with Crippen LogP contribution < -0.4 is 5.32 Å². The van der Waals surface area contributed by atoms with Crippen LogP contribution in [-0.4, -0.2) is 26.4 Å². The average Bonchev–Trinajstić information content (AvgIpc) is 3.09. The zero-order valence-corrected chi connectivity index (χ0v) is 16.5. The van der Waals surface area contributed by atoms with Gasteiger partial charge in [0.25, 0.3) is 0 Å². The molecule has 144 valence electrons. The fourth-order valence-electron chi connectivity index (χ4n) is 2.49. The molecule has 3 rings (SSSR count). The summed E-state index contributed by atoms with van der Waals surface area (Å²) in [5, 5.41) is 12.5. The van der Waals surface area contributed by atoms with E-state index in [1.54, 1.807) is 30.3 Å². The minimum atomic E-state index is -0.314. The van der Waals surface area contributed by atoms with Crippen molar-refractivity contribution in [2.75, 3.05) is 5.75 Å². The summed E-state index contributed by atoms with van der Waals surface area (Å²) in [6, 6.07) is 13.3. The van der Waals surface area contributed by atoms with E-state index in [1.807, 2.05) is 16.7 Å². The maximum atomic E-state index is 13.2. The number of halogens is 2. The molecule has 0 radical (unpaired) electrons. The van der Waals surface area contributed by atoms with E-state index in [0.717, 1.165) is 11.1 Å². The second-order valence-electron chi connectivity index (χ2n) is 5.90. The molecule has 0 aliphatic heterocycles. The molecule has 1 aromatic heterocycles. The topological polar surface area (TPSA) is 59.8 Å². The van der Waals surface area contributed by atoms with E-state index in [2.05, 4.69) is 22.1 Å². The van der Waals surface area contributed by atoms with E-state index < -0.39 is 0 Å². The molecule has 0 bridgehead atoms. The van der Waals surface area contributed by atoms with Crippen LogP contribution in [0.5, 0.6) is 0 Å². The third-order valence-corrected chi connectivity index (χ3v) is 5.08. The molecule has 2 aromatic carbocycles. The van der Waals surface area contributed by atoms with Gasteiger partial charge in [-0.2, -0.15) is 0 Å². The maximum Gasteiger partial charge on any atom is 0.230 e. The van der Waals surface area contributed by atoms with Gasteiger partial charge in [0, 0.05) is 23.7 Å². The SMILES string of the molecule is C=CCn1c(SCC(=O)NCc2ccc(Cl)cc2)nnc1-c1ccc(F)cc1. The fraction of sp³-hybridized carbons (Fsp3) is 0.150. The average molecular weight is 417 g/mol. The molecule has 0 aliphatic carbocycles. The number of nitrogens with one attached hydrogen (secondary N) is 1. The van der Waals surface area contributed by atoms with Gasteiger partial charge < -0.3 is 5.32 Å². The number of carbonyl (C=O) groups excluding carboxylic acids is 1. The predicted molar refractivity (Wildman–Crippen MR) is 110 cm³/mol. The Morgan fingerprint density at radius 2 is 1.89 bits per heavy atom. The van der Waals surface area contributed by atoms with E-state index in [4.69, 9.17) is 11.6 Å². The molecule has 0 saturated carbocycles. The fourth-order valence-corrected chi connectivity index (χ4v) is 3.39. The molecular formula is C20H18ClFN4OS. The molecule has 1 heterocycles. The van der Waals surface area contributed by atoms with E-state index in [-0.39, 0.29) is 17.5 Å². The first kappa shape index (κ1) is 20.1. The standard InChI is InChI=1S/C20H18ClFN4OS/c1-2-11-26-19(15-5-9-17(22)10-6-15)24-25-20(26)28-13-18(27)23-12-14-3-7-16(21)8-4-14/h2-10H,1,11-13H2,(H,23,27). The largest absolute Gasteiger partial charge is 0.351 e. The molecule has 3 aromatic rings. The lowest BCUT2D eigenvalue weighted by Gasteiger charge is -2.08. The third kappa shape index (κ3) is 5.21. The summed E-state index contributed by atoms with van der Waals surface area (Å²) in [4.78, 5) is 12.2. The minimum Gasteiger partial charge on any atom is -0.351 e. The molecular weight excluding hydrogens is 399 g/mol. The number of hydrogen-bond acceptors (Lipinski definition) is 4. The smallest absolute Gasteiger partial charge is 0.230 e. The Hall–Kier alpha value is -2.64. The Balaban J connectivity index is 1.63. The van der Waals surface area contributed by atoms with Crippen LogP contribution in [0.15, 0.2) is 66.3 Å². The van der Waals surface area contributed by atoms with Crippen molar-refractivity contribution < 1.29 is 9.18 Å². The van der Waals surface area contributed by atoms with Gasteiger partial charge in [-0.3, -0.25) is 9.36 Å². The number of nitrogens with zero attached hydrogens (tertiary/aromatic N) is 3. The van der Waals surface area contributed by atoms with Gasteiger partial charge in [-0.25, -0.2) is 4.39 Å². The van der Waals surface area contributed by atoms with Crippen LogP contribution in [-0.2, 0) is 17.9 Å². The lowest BCUT2D eigenvalue weighted by Crippen LogP contribution is -2.24. The highest BCUT2D eigenvalue weighted by atomic mass is 35.5. The van der Waals surface area contributed by atoms with Gasteiger partial charge in [-0.15, -0.1) is 16.8 Å². The second kappa shape index (κ2) is 9.52. The van der Waals surface area contributed by atoms with E-state index in [1.165, 1.54) is 23.9 Å². The molecule has 0 saturated heterocycles. The molecule has 0 unspecified atom stereocenters. The normalized spacial score (nSPS) is 10.6. The lowest BCUT2D eigenvalue weighted by molar-refractivity contribution is -0.118. The summed E-state index contributed by atoms with van der Waals surface area (Å²) in [7, 11) is 0. The summed E-state index contributed by atoms with van der Waals surface area (Å²) < 4.78 is 15.0. The number of amides is 1. The van der Waals surface area contributed by atoms with Gasteiger partial charge >= 0.3 is 0 Å². The Bertz CT molecular complexity index is 957. The molecule has 8 heteroatoms. The summed E-state index contributed by atoms with van der Waals surface area (Å²) in [6.45, 7) is 4.66. The van der Waals surface area contributed by atoms with E-state index >= 15 is 0 Å². The highest BCUT2D eigenvalue weighted by Crippen LogP contribution is 2.24. The lowest BCUT2D eigenvalue weighted by atomic mass is 10.2. The van der Waals surface area contributed by atoms with Crippen LogP contribution in [0.3, 0.4) is 0 Å². The maximum absolute atomic E-state index is 13.2. The van der Waals surface area contributed by atoms with Crippen LogP contribution >= 0.6 is 23.4 Å². The van der Waals surface area contributed by atoms with Crippen molar-refractivity contribution in [3.8, 4) is 11.4 Å². The molecule has 1 N–H and O–H groups in total. The Kier molecular flexibility index (Phi) is 6.84. The highest BCUT2D eigenvalue weighted by Gasteiger charge is 2.15. The monoisotopic (exact) mass is 416 g/mol. The van der Waals surface area contributed by atoms with Crippen LogP contribution in [0.1, 0.15) is 5.56 Å².